The summed E-state index contributed by atoms with van der Waals surface area (Å²) in [5, 5.41) is 16.4. The van der Waals surface area contributed by atoms with Crippen LogP contribution in [0.1, 0.15) is 37.9 Å². The molecule has 1 aliphatic heterocycles. The van der Waals surface area contributed by atoms with Crippen LogP contribution in [-0.4, -0.2) is 34.0 Å². The van der Waals surface area contributed by atoms with Gasteiger partial charge in [0.1, 0.15) is 6.04 Å². The van der Waals surface area contributed by atoms with Crippen LogP contribution in [0.3, 0.4) is 0 Å². The molecule has 0 bridgehead atoms. The maximum absolute atomic E-state index is 11.0. The Morgan fingerprint density at radius 2 is 2.44 bits per heavy atom. The summed E-state index contributed by atoms with van der Waals surface area (Å²) in [5.74, 6) is -0.0648. The number of nitrogens with zero attached hydrogens (tertiary/aromatic N) is 2. The van der Waals surface area contributed by atoms with Gasteiger partial charge in [-0.15, -0.1) is 0 Å². The van der Waals surface area contributed by atoms with Crippen LogP contribution < -0.4 is 10.1 Å². The number of aliphatic carboxylic acids is 1. The van der Waals surface area contributed by atoms with Gasteiger partial charge in [-0.25, -0.2) is 0 Å². The Hall–Kier alpha value is -1.56. The Kier molecular flexibility index (Phi) is 3.86. The van der Waals surface area contributed by atoms with Gasteiger partial charge < -0.3 is 9.84 Å². The van der Waals surface area contributed by atoms with Crippen molar-refractivity contribution in [2.45, 2.75) is 44.8 Å². The van der Waals surface area contributed by atoms with Gasteiger partial charge in [-0.1, -0.05) is 6.92 Å². The molecule has 0 amide bonds. The van der Waals surface area contributed by atoms with Crippen LogP contribution in [0, 0.1) is 0 Å². The number of carboxylic acids is 1. The van der Waals surface area contributed by atoms with Crippen LogP contribution >= 0.6 is 0 Å². The van der Waals surface area contributed by atoms with Gasteiger partial charge in [0.2, 0.25) is 0 Å². The van der Waals surface area contributed by atoms with Crippen molar-refractivity contribution >= 4 is 5.97 Å². The summed E-state index contributed by atoms with van der Waals surface area (Å²) >= 11 is 0. The van der Waals surface area contributed by atoms with E-state index in [9.17, 15) is 4.79 Å². The fourth-order valence-electron chi connectivity index (χ4n) is 2.43. The minimum atomic E-state index is -0.793. The van der Waals surface area contributed by atoms with Crippen LogP contribution in [-0.2, 0) is 11.3 Å². The van der Waals surface area contributed by atoms with E-state index in [2.05, 4.69) is 17.3 Å². The first-order chi connectivity index (χ1) is 8.67. The van der Waals surface area contributed by atoms with Crippen molar-refractivity contribution in [3.8, 4) is 5.75 Å². The zero-order valence-corrected chi connectivity index (χ0v) is 10.7. The summed E-state index contributed by atoms with van der Waals surface area (Å²) in [5.41, 5.74) is 0.961. The van der Waals surface area contributed by atoms with Crippen molar-refractivity contribution in [1.82, 2.24) is 15.1 Å². The van der Waals surface area contributed by atoms with Gasteiger partial charge >= 0.3 is 5.97 Å². The van der Waals surface area contributed by atoms with E-state index >= 15 is 0 Å². The number of hydrogen-bond donors (Lipinski definition) is 2. The van der Waals surface area contributed by atoms with Gasteiger partial charge in [0.15, 0.2) is 5.75 Å². The van der Waals surface area contributed by atoms with E-state index in [-0.39, 0.29) is 6.04 Å². The number of methoxy groups -OCH3 is 1. The first-order valence-corrected chi connectivity index (χ1v) is 6.26. The number of aryl methyl sites for hydroxylation is 1. The maximum Gasteiger partial charge on any atom is 0.320 e. The van der Waals surface area contributed by atoms with Crippen LogP contribution in [0.2, 0.25) is 0 Å². The third kappa shape index (κ3) is 2.33. The second kappa shape index (κ2) is 5.39. The van der Waals surface area contributed by atoms with Crippen LogP contribution in [0.25, 0.3) is 0 Å². The summed E-state index contributed by atoms with van der Waals surface area (Å²) in [7, 11) is 1.61. The molecule has 0 saturated carbocycles. The first kappa shape index (κ1) is 12.9. The van der Waals surface area contributed by atoms with Crippen molar-refractivity contribution in [3.05, 3.63) is 11.9 Å². The van der Waals surface area contributed by atoms with Gasteiger partial charge in [0.25, 0.3) is 0 Å². The van der Waals surface area contributed by atoms with Gasteiger partial charge in [-0.3, -0.25) is 14.8 Å². The predicted molar refractivity (Wildman–Crippen MR) is 65.6 cm³/mol. The van der Waals surface area contributed by atoms with Crippen molar-refractivity contribution < 1.29 is 14.6 Å². The van der Waals surface area contributed by atoms with E-state index in [4.69, 9.17) is 9.84 Å². The molecule has 1 aromatic rings. The Bertz CT molecular complexity index is 430. The lowest BCUT2D eigenvalue weighted by Crippen LogP contribution is -2.32. The largest absolute Gasteiger partial charge is 0.493 e. The molecule has 1 fully saturated rings. The number of aromatic nitrogens is 2. The fourth-order valence-corrected chi connectivity index (χ4v) is 2.43. The SMILES string of the molecule is CCCn1ncc(OC)c1C1CCC(C(=O)O)N1. The third-order valence-electron chi connectivity index (χ3n) is 3.27. The molecule has 6 nitrogen and oxygen atoms in total. The lowest BCUT2D eigenvalue weighted by atomic mass is 10.1. The Morgan fingerprint density at radius 1 is 1.67 bits per heavy atom. The maximum atomic E-state index is 11.0. The van der Waals surface area contributed by atoms with Crippen LogP contribution in [0.15, 0.2) is 6.20 Å². The van der Waals surface area contributed by atoms with Gasteiger partial charge in [-0.05, 0) is 19.3 Å². The Balaban J connectivity index is 2.21. The molecule has 2 rings (SSSR count). The summed E-state index contributed by atoms with van der Waals surface area (Å²) in [6, 6.07) is -0.459. The monoisotopic (exact) mass is 253 g/mol. The Morgan fingerprint density at radius 3 is 3.00 bits per heavy atom. The molecule has 0 spiro atoms. The second-order valence-electron chi connectivity index (χ2n) is 4.51. The molecule has 1 aliphatic rings. The van der Waals surface area contributed by atoms with Crippen molar-refractivity contribution in [2.75, 3.05) is 7.11 Å². The summed E-state index contributed by atoms with van der Waals surface area (Å²) in [6.07, 6.45) is 4.11. The normalized spacial score (nSPS) is 23.2. The van der Waals surface area contributed by atoms with E-state index in [0.717, 1.165) is 30.8 Å². The second-order valence-corrected chi connectivity index (χ2v) is 4.51. The van der Waals surface area contributed by atoms with E-state index in [1.807, 2.05) is 4.68 Å². The number of nitrogens with one attached hydrogen (secondary N) is 1. The molecular formula is C12H19N3O3. The number of carbonyl (C=O) groups is 1. The highest BCUT2D eigenvalue weighted by Gasteiger charge is 2.33. The molecule has 1 aromatic heterocycles. The van der Waals surface area contributed by atoms with E-state index in [1.54, 1.807) is 13.3 Å². The summed E-state index contributed by atoms with van der Waals surface area (Å²) in [4.78, 5) is 11.0. The van der Waals surface area contributed by atoms with Gasteiger partial charge in [0.05, 0.1) is 25.0 Å². The molecule has 2 N–H and O–H groups in total. The molecule has 2 atom stereocenters. The average molecular weight is 253 g/mol. The van der Waals surface area contributed by atoms with E-state index in [1.165, 1.54) is 0 Å². The quantitative estimate of drug-likeness (QED) is 0.824. The number of carboxylic acid groups (broad SMARTS) is 1. The topological polar surface area (TPSA) is 76.4 Å². The third-order valence-corrected chi connectivity index (χ3v) is 3.27. The summed E-state index contributed by atoms with van der Waals surface area (Å²) in [6.45, 7) is 2.90. The molecule has 0 aliphatic carbocycles. The molecule has 18 heavy (non-hydrogen) atoms. The van der Waals surface area contributed by atoms with Gasteiger partial charge in [0, 0.05) is 6.54 Å². The molecule has 2 heterocycles. The van der Waals surface area contributed by atoms with Crippen LogP contribution in [0.5, 0.6) is 5.75 Å². The molecular weight excluding hydrogens is 234 g/mol. The van der Waals surface area contributed by atoms with Crippen molar-refractivity contribution in [3.63, 3.8) is 0 Å². The van der Waals surface area contributed by atoms with E-state index < -0.39 is 12.0 Å². The minimum absolute atomic E-state index is 0.00935. The van der Waals surface area contributed by atoms with Crippen LogP contribution in [0.4, 0.5) is 0 Å². The highest BCUT2D eigenvalue weighted by atomic mass is 16.5. The van der Waals surface area contributed by atoms with Crippen molar-refractivity contribution in [1.29, 1.82) is 0 Å². The smallest absolute Gasteiger partial charge is 0.320 e. The molecule has 2 unspecified atom stereocenters. The average Bonchev–Trinajstić information content (AvgIpc) is 2.94. The molecule has 0 radical (unpaired) electrons. The lowest BCUT2D eigenvalue weighted by molar-refractivity contribution is -0.139. The first-order valence-electron chi connectivity index (χ1n) is 6.26. The van der Waals surface area contributed by atoms with Gasteiger partial charge in [-0.2, -0.15) is 5.10 Å². The molecule has 1 saturated heterocycles. The lowest BCUT2D eigenvalue weighted by Gasteiger charge is -2.15. The number of rotatable bonds is 5. The zero-order chi connectivity index (χ0) is 13.1. The molecule has 100 valence electrons. The molecule has 0 aromatic carbocycles. The standard InChI is InChI=1S/C12H19N3O3/c1-3-6-15-11(10(18-2)7-13-15)8-4-5-9(14-8)12(16)17/h7-9,14H,3-6H2,1-2H3,(H,16,17). The number of ether oxygens (including phenoxy) is 1. The number of hydrogen-bond acceptors (Lipinski definition) is 4. The highest BCUT2D eigenvalue weighted by Crippen LogP contribution is 2.32. The van der Waals surface area contributed by atoms with Crippen molar-refractivity contribution in [2.24, 2.45) is 0 Å². The highest BCUT2D eigenvalue weighted by molar-refractivity contribution is 5.74. The molecule has 6 heteroatoms. The minimum Gasteiger partial charge on any atom is -0.493 e. The fraction of sp³-hybridized carbons (Fsp3) is 0.667. The summed E-state index contributed by atoms with van der Waals surface area (Å²) < 4.78 is 7.21. The van der Waals surface area contributed by atoms with E-state index in [0.29, 0.717) is 6.42 Å². The predicted octanol–water partition coefficient (Wildman–Crippen LogP) is 1.18. The Labute approximate surface area is 106 Å². The zero-order valence-electron chi connectivity index (χ0n) is 10.7.